The van der Waals surface area contributed by atoms with Crippen molar-refractivity contribution in [3.63, 3.8) is 0 Å². The lowest BCUT2D eigenvalue weighted by atomic mass is 9.92. The first-order chi connectivity index (χ1) is 19.1. The first-order valence-electron chi connectivity index (χ1n) is 13.2. The average molecular weight is 569 g/mol. The molecule has 2 aliphatic rings. The second-order valence-electron chi connectivity index (χ2n) is 11.9. The van der Waals surface area contributed by atoms with Crippen molar-refractivity contribution in [3.8, 4) is 0 Å². The topological polar surface area (TPSA) is 103 Å². The maximum absolute atomic E-state index is 14.0. The number of benzene rings is 1. The zero-order chi connectivity index (χ0) is 30.0. The molecule has 9 nitrogen and oxygen atoms in total. The van der Waals surface area contributed by atoms with E-state index in [1.54, 1.807) is 29.7 Å². The van der Waals surface area contributed by atoms with Crippen LogP contribution in [0.2, 0.25) is 0 Å². The van der Waals surface area contributed by atoms with Crippen LogP contribution in [-0.4, -0.2) is 68.6 Å². The Hall–Kier alpha value is -4.22. The molecule has 1 saturated heterocycles. The molecule has 1 N–H and O–H groups in total. The Balaban J connectivity index is 1.40. The van der Waals surface area contributed by atoms with Crippen molar-refractivity contribution < 1.29 is 27.9 Å². The van der Waals surface area contributed by atoms with E-state index in [0.29, 0.717) is 48.2 Å². The smallest absolute Gasteiger partial charge is 0.337 e. The number of pyridine rings is 1. The van der Waals surface area contributed by atoms with Crippen molar-refractivity contribution >= 4 is 29.2 Å². The molecule has 0 bridgehead atoms. The van der Waals surface area contributed by atoms with Crippen LogP contribution >= 0.6 is 0 Å². The van der Waals surface area contributed by atoms with Gasteiger partial charge in [0.25, 0.3) is 5.91 Å². The number of hydrogen-bond donors (Lipinski definition) is 1. The molecule has 0 spiro atoms. The number of carbonyl (C=O) groups excluding carboxylic acids is 1. The summed E-state index contributed by atoms with van der Waals surface area (Å²) in [6, 6.07) is 3.58. The van der Waals surface area contributed by atoms with E-state index >= 15 is 0 Å². The molecule has 0 radical (unpaired) electrons. The van der Waals surface area contributed by atoms with E-state index in [9.17, 15) is 27.9 Å². The van der Waals surface area contributed by atoms with Crippen LogP contribution in [0, 0.1) is 31.3 Å². The van der Waals surface area contributed by atoms with E-state index < -0.39 is 34.4 Å². The van der Waals surface area contributed by atoms with Crippen LogP contribution in [0.1, 0.15) is 65.5 Å². The second kappa shape index (κ2) is 9.71. The summed E-state index contributed by atoms with van der Waals surface area (Å²) in [5, 5.41) is 9.47. The number of amides is 1. The molecule has 0 aliphatic carbocycles. The van der Waals surface area contributed by atoms with Crippen molar-refractivity contribution in [2.24, 2.45) is 0 Å². The van der Waals surface area contributed by atoms with E-state index in [1.165, 1.54) is 6.20 Å². The van der Waals surface area contributed by atoms with Gasteiger partial charge in [-0.3, -0.25) is 4.79 Å². The molecule has 1 amide bonds. The summed E-state index contributed by atoms with van der Waals surface area (Å²) in [5.41, 5.74) is 0.744. The Bertz CT molecular complexity index is 1550. The van der Waals surface area contributed by atoms with Gasteiger partial charge in [-0.2, -0.15) is 0 Å². The maximum atomic E-state index is 14.0. The lowest BCUT2D eigenvalue weighted by molar-refractivity contribution is 0.0506. The fourth-order valence-corrected chi connectivity index (χ4v) is 5.76. The molecule has 12 heteroatoms. The Morgan fingerprint density at radius 3 is 2.20 bits per heavy atom. The zero-order valence-corrected chi connectivity index (χ0v) is 23.7. The SMILES string of the molecule is Cc1cc(N2CCN(C(=O)c3cnc4c(n3)C(C)(C)CN4c3cc(F)c(F)c(F)c3)C(C)(C)C2)nc(C)c1C(=O)O. The van der Waals surface area contributed by atoms with Gasteiger partial charge in [0.05, 0.1) is 28.7 Å². The highest BCUT2D eigenvalue weighted by molar-refractivity contribution is 5.93. The molecule has 0 saturated carbocycles. The average Bonchev–Trinajstić information content (AvgIpc) is 3.15. The van der Waals surface area contributed by atoms with Crippen molar-refractivity contribution in [1.29, 1.82) is 0 Å². The van der Waals surface area contributed by atoms with Crippen LogP contribution in [0.15, 0.2) is 24.4 Å². The van der Waals surface area contributed by atoms with Crippen LogP contribution < -0.4 is 9.80 Å². The monoisotopic (exact) mass is 568 g/mol. The third kappa shape index (κ3) is 4.85. The second-order valence-corrected chi connectivity index (χ2v) is 11.9. The van der Waals surface area contributed by atoms with Gasteiger partial charge in [0.15, 0.2) is 23.3 Å². The third-order valence-corrected chi connectivity index (χ3v) is 7.77. The maximum Gasteiger partial charge on any atom is 0.337 e. The van der Waals surface area contributed by atoms with Gasteiger partial charge in [-0.1, -0.05) is 13.8 Å². The number of carbonyl (C=O) groups is 2. The molecule has 0 unspecified atom stereocenters. The van der Waals surface area contributed by atoms with Crippen LogP contribution in [-0.2, 0) is 5.41 Å². The molecule has 4 heterocycles. The lowest BCUT2D eigenvalue weighted by Crippen LogP contribution is -2.61. The van der Waals surface area contributed by atoms with Crippen molar-refractivity contribution in [2.75, 3.05) is 36.0 Å². The van der Waals surface area contributed by atoms with Gasteiger partial charge in [-0.05, 0) is 39.3 Å². The van der Waals surface area contributed by atoms with E-state index in [0.717, 1.165) is 12.1 Å². The number of fused-ring (bicyclic) bond motifs is 1. The van der Waals surface area contributed by atoms with E-state index in [2.05, 4.69) is 15.0 Å². The highest BCUT2D eigenvalue weighted by Gasteiger charge is 2.42. The number of rotatable bonds is 4. The molecular formula is C29H31F3N6O3. The van der Waals surface area contributed by atoms with E-state index in [4.69, 9.17) is 0 Å². The van der Waals surface area contributed by atoms with E-state index in [1.807, 2.05) is 32.6 Å². The number of nitrogens with zero attached hydrogens (tertiary/aromatic N) is 6. The Kier molecular flexibility index (Phi) is 6.70. The Labute approximate surface area is 235 Å². The predicted molar refractivity (Wildman–Crippen MR) is 146 cm³/mol. The van der Waals surface area contributed by atoms with Gasteiger partial charge in [0.2, 0.25) is 0 Å². The molecule has 1 aromatic carbocycles. The highest BCUT2D eigenvalue weighted by atomic mass is 19.2. The first-order valence-corrected chi connectivity index (χ1v) is 13.2. The first kappa shape index (κ1) is 28.3. The Morgan fingerprint density at radius 1 is 0.951 bits per heavy atom. The van der Waals surface area contributed by atoms with Gasteiger partial charge in [0, 0.05) is 49.4 Å². The number of aromatic carboxylic acids is 1. The van der Waals surface area contributed by atoms with Gasteiger partial charge in [0.1, 0.15) is 11.5 Å². The largest absolute Gasteiger partial charge is 0.478 e. The summed E-state index contributed by atoms with van der Waals surface area (Å²) in [6.07, 6.45) is 1.35. The van der Waals surface area contributed by atoms with Gasteiger partial charge in [-0.25, -0.2) is 32.9 Å². The van der Waals surface area contributed by atoms with Crippen LogP contribution in [0.4, 0.5) is 30.5 Å². The number of anilines is 3. The van der Waals surface area contributed by atoms with Gasteiger partial charge in [-0.15, -0.1) is 0 Å². The van der Waals surface area contributed by atoms with Crippen molar-refractivity contribution in [3.05, 3.63) is 70.1 Å². The summed E-state index contributed by atoms with van der Waals surface area (Å²) in [5.74, 6) is -4.47. The predicted octanol–water partition coefficient (Wildman–Crippen LogP) is 4.77. The normalized spacial score (nSPS) is 17.5. The number of carboxylic acid groups (broad SMARTS) is 1. The lowest BCUT2D eigenvalue weighted by Gasteiger charge is -2.47. The van der Waals surface area contributed by atoms with Crippen molar-refractivity contribution in [1.82, 2.24) is 19.9 Å². The fourth-order valence-electron chi connectivity index (χ4n) is 5.76. The van der Waals surface area contributed by atoms with Gasteiger partial charge >= 0.3 is 5.97 Å². The molecule has 3 aromatic rings. The van der Waals surface area contributed by atoms with E-state index in [-0.39, 0.29) is 29.4 Å². The number of carboxylic acids is 1. The number of aryl methyl sites for hydroxylation is 2. The van der Waals surface area contributed by atoms with Crippen LogP contribution in [0.5, 0.6) is 0 Å². The van der Waals surface area contributed by atoms with Crippen LogP contribution in [0.25, 0.3) is 0 Å². The molecule has 2 aliphatic heterocycles. The molecule has 0 atom stereocenters. The fraction of sp³-hybridized carbons (Fsp3) is 0.414. The third-order valence-electron chi connectivity index (χ3n) is 7.77. The molecule has 41 heavy (non-hydrogen) atoms. The van der Waals surface area contributed by atoms with Crippen molar-refractivity contribution in [2.45, 2.75) is 52.5 Å². The molecule has 1 fully saturated rings. The molecule has 5 rings (SSSR count). The zero-order valence-electron chi connectivity index (χ0n) is 23.7. The quantitative estimate of drug-likeness (QED) is 0.449. The minimum absolute atomic E-state index is 0.106. The number of aromatic nitrogens is 3. The number of hydrogen-bond acceptors (Lipinski definition) is 7. The minimum atomic E-state index is -1.54. The summed E-state index contributed by atoms with van der Waals surface area (Å²) >= 11 is 0. The number of halogens is 3. The summed E-state index contributed by atoms with van der Waals surface area (Å²) in [6.45, 7) is 12.6. The molecule has 2 aromatic heterocycles. The summed E-state index contributed by atoms with van der Waals surface area (Å²) in [4.78, 5) is 44.3. The summed E-state index contributed by atoms with van der Waals surface area (Å²) in [7, 11) is 0. The van der Waals surface area contributed by atoms with Crippen LogP contribution in [0.3, 0.4) is 0 Å². The van der Waals surface area contributed by atoms with Gasteiger partial charge < -0.3 is 19.8 Å². The standard InChI is InChI=1S/C29H31F3N6O3/c1-15-9-21(34-16(2)22(15)27(40)41)36-7-8-38(29(5,6)14-36)26(39)20-12-33-25-24(35-20)28(3,4)13-37(25)17-10-18(30)23(32)19(31)11-17/h9-12H,7-8,13-14H2,1-6H3,(H,40,41). The number of piperazine rings is 1. The Morgan fingerprint density at radius 2 is 1.61 bits per heavy atom. The molecular weight excluding hydrogens is 537 g/mol. The summed E-state index contributed by atoms with van der Waals surface area (Å²) < 4.78 is 41.5. The highest BCUT2D eigenvalue weighted by Crippen LogP contribution is 2.42. The minimum Gasteiger partial charge on any atom is -0.478 e. The molecule has 216 valence electrons.